The van der Waals surface area contributed by atoms with Crippen LogP contribution in [0.3, 0.4) is 0 Å². The molecule has 1 aliphatic carbocycles. The summed E-state index contributed by atoms with van der Waals surface area (Å²) in [5.74, 6) is 1.51. The molecule has 2 aliphatic rings. The quantitative estimate of drug-likeness (QED) is 0.866. The lowest BCUT2D eigenvalue weighted by atomic mass is 10.0. The van der Waals surface area contributed by atoms with Crippen LogP contribution in [0.2, 0.25) is 0 Å². The Hall–Kier alpha value is -1.26. The molecule has 1 aromatic carbocycles. The van der Waals surface area contributed by atoms with Crippen LogP contribution in [0.25, 0.3) is 0 Å². The van der Waals surface area contributed by atoms with Crippen molar-refractivity contribution >= 4 is 0 Å². The molecular formula is C17H25NO3. The van der Waals surface area contributed by atoms with Crippen molar-refractivity contribution in [2.45, 2.75) is 50.7 Å². The highest BCUT2D eigenvalue weighted by atomic mass is 16.7. The van der Waals surface area contributed by atoms with Crippen LogP contribution in [0.4, 0.5) is 0 Å². The van der Waals surface area contributed by atoms with Crippen LogP contribution in [0.1, 0.15) is 50.2 Å². The second-order valence-corrected chi connectivity index (χ2v) is 6.21. The smallest absolute Gasteiger partial charge is 0.231 e. The fourth-order valence-electron chi connectivity index (χ4n) is 3.35. The molecule has 1 N–H and O–H groups in total. The number of aliphatic hydroxyl groups excluding tert-OH is 1. The van der Waals surface area contributed by atoms with Crippen LogP contribution in [0.15, 0.2) is 18.2 Å². The third kappa shape index (κ3) is 3.50. The molecule has 1 heterocycles. The highest BCUT2D eigenvalue weighted by Gasteiger charge is 2.21. The number of ether oxygens (including phenoxy) is 2. The molecule has 0 saturated heterocycles. The average Bonchev–Trinajstić information content (AvgIpc) is 2.78. The minimum absolute atomic E-state index is 0.275. The highest BCUT2D eigenvalue weighted by molar-refractivity contribution is 5.45. The molecule has 1 unspecified atom stereocenters. The van der Waals surface area contributed by atoms with Crippen LogP contribution < -0.4 is 9.47 Å². The molecule has 1 saturated carbocycles. The van der Waals surface area contributed by atoms with E-state index >= 15 is 0 Å². The first-order valence-corrected chi connectivity index (χ1v) is 8.02. The van der Waals surface area contributed by atoms with Gasteiger partial charge in [0.05, 0.1) is 6.10 Å². The minimum Gasteiger partial charge on any atom is -0.454 e. The molecule has 3 rings (SSSR count). The summed E-state index contributed by atoms with van der Waals surface area (Å²) in [6.45, 7) is 0.946. The van der Waals surface area contributed by atoms with E-state index in [1.54, 1.807) is 0 Å². The van der Waals surface area contributed by atoms with Crippen LogP contribution in [0.5, 0.6) is 11.5 Å². The molecule has 21 heavy (non-hydrogen) atoms. The van der Waals surface area contributed by atoms with Crippen molar-refractivity contribution in [1.82, 2.24) is 4.90 Å². The Kier molecular flexibility index (Phi) is 4.66. The van der Waals surface area contributed by atoms with Gasteiger partial charge in [-0.05, 0) is 37.6 Å². The SMILES string of the molecule is CN(CC(O)c1ccc2c(c1)OCO2)C1CCCCCC1. The maximum Gasteiger partial charge on any atom is 0.231 e. The fourth-order valence-corrected chi connectivity index (χ4v) is 3.35. The van der Waals surface area contributed by atoms with E-state index in [1.165, 1.54) is 38.5 Å². The average molecular weight is 291 g/mol. The maximum atomic E-state index is 10.5. The summed E-state index contributed by atoms with van der Waals surface area (Å²) < 4.78 is 10.7. The third-order valence-corrected chi connectivity index (χ3v) is 4.69. The number of aliphatic hydroxyl groups is 1. The lowest BCUT2D eigenvalue weighted by molar-refractivity contribution is 0.0988. The number of rotatable bonds is 4. The van der Waals surface area contributed by atoms with E-state index in [0.29, 0.717) is 12.6 Å². The number of nitrogens with zero attached hydrogens (tertiary/aromatic N) is 1. The standard InChI is InChI=1S/C17H25NO3/c1-18(14-6-4-2-3-5-7-14)11-15(19)13-8-9-16-17(10-13)21-12-20-16/h8-10,14-15,19H,2-7,11-12H2,1H3. The Morgan fingerprint density at radius 2 is 1.86 bits per heavy atom. The first-order chi connectivity index (χ1) is 10.2. The van der Waals surface area contributed by atoms with Crippen molar-refractivity contribution in [3.8, 4) is 11.5 Å². The second-order valence-electron chi connectivity index (χ2n) is 6.21. The van der Waals surface area contributed by atoms with E-state index in [4.69, 9.17) is 9.47 Å². The Morgan fingerprint density at radius 3 is 2.62 bits per heavy atom. The molecule has 0 spiro atoms. The van der Waals surface area contributed by atoms with E-state index < -0.39 is 6.10 Å². The largest absolute Gasteiger partial charge is 0.454 e. The first-order valence-electron chi connectivity index (χ1n) is 8.02. The third-order valence-electron chi connectivity index (χ3n) is 4.69. The monoisotopic (exact) mass is 291 g/mol. The molecule has 1 aromatic rings. The Labute approximate surface area is 126 Å². The van der Waals surface area contributed by atoms with Gasteiger partial charge in [-0.25, -0.2) is 0 Å². The lowest BCUT2D eigenvalue weighted by Crippen LogP contribution is -2.34. The first kappa shape index (κ1) is 14.7. The van der Waals surface area contributed by atoms with Crippen LogP contribution in [-0.2, 0) is 0 Å². The van der Waals surface area contributed by atoms with Gasteiger partial charge in [0, 0.05) is 12.6 Å². The topological polar surface area (TPSA) is 41.9 Å². The van der Waals surface area contributed by atoms with Crippen molar-refractivity contribution in [1.29, 1.82) is 0 Å². The number of benzene rings is 1. The zero-order valence-corrected chi connectivity index (χ0v) is 12.8. The van der Waals surface area contributed by atoms with E-state index in [2.05, 4.69) is 11.9 Å². The summed E-state index contributed by atoms with van der Waals surface area (Å²) in [6, 6.07) is 6.32. The summed E-state index contributed by atoms with van der Waals surface area (Å²) >= 11 is 0. The van der Waals surface area contributed by atoms with E-state index in [1.807, 2.05) is 18.2 Å². The van der Waals surface area contributed by atoms with Crippen LogP contribution in [-0.4, -0.2) is 36.4 Å². The Bertz CT molecular complexity index is 469. The van der Waals surface area contributed by atoms with Gasteiger partial charge in [0.15, 0.2) is 11.5 Å². The minimum atomic E-state index is -0.479. The predicted octanol–water partition coefficient (Wildman–Crippen LogP) is 3.10. The van der Waals surface area contributed by atoms with Gasteiger partial charge < -0.3 is 19.5 Å². The summed E-state index contributed by atoms with van der Waals surface area (Å²) in [6.07, 6.45) is 7.37. The van der Waals surface area contributed by atoms with Gasteiger partial charge in [-0.1, -0.05) is 31.7 Å². The van der Waals surface area contributed by atoms with E-state index in [9.17, 15) is 5.11 Å². The van der Waals surface area contributed by atoms with E-state index in [0.717, 1.165) is 17.1 Å². The number of likely N-dealkylation sites (N-methyl/N-ethyl adjacent to an activating group) is 1. The van der Waals surface area contributed by atoms with Gasteiger partial charge in [0.1, 0.15) is 0 Å². The van der Waals surface area contributed by atoms with Crippen molar-refractivity contribution in [2.75, 3.05) is 20.4 Å². The number of hydrogen-bond acceptors (Lipinski definition) is 4. The molecule has 0 aromatic heterocycles. The molecule has 1 atom stereocenters. The number of fused-ring (bicyclic) bond motifs is 1. The molecule has 1 fully saturated rings. The molecule has 1 aliphatic heterocycles. The van der Waals surface area contributed by atoms with E-state index in [-0.39, 0.29) is 6.79 Å². The number of hydrogen-bond donors (Lipinski definition) is 1. The van der Waals surface area contributed by atoms with Gasteiger partial charge in [-0.2, -0.15) is 0 Å². The highest BCUT2D eigenvalue weighted by Crippen LogP contribution is 2.34. The van der Waals surface area contributed by atoms with Gasteiger partial charge in [0.25, 0.3) is 0 Å². The second kappa shape index (κ2) is 6.67. The Balaban J connectivity index is 1.61. The molecular weight excluding hydrogens is 266 g/mol. The van der Waals surface area contributed by atoms with Gasteiger partial charge in [-0.15, -0.1) is 0 Å². The molecule has 0 bridgehead atoms. The molecule has 4 heteroatoms. The summed E-state index contributed by atoms with van der Waals surface area (Å²) in [5.41, 5.74) is 0.903. The molecule has 116 valence electrons. The molecule has 0 radical (unpaired) electrons. The van der Waals surface area contributed by atoms with Crippen molar-refractivity contribution < 1.29 is 14.6 Å². The van der Waals surface area contributed by atoms with Crippen LogP contribution >= 0.6 is 0 Å². The summed E-state index contributed by atoms with van der Waals surface area (Å²) in [4.78, 5) is 2.32. The normalized spacial score (nSPS) is 20.5. The Morgan fingerprint density at radius 1 is 1.14 bits per heavy atom. The summed E-state index contributed by atoms with van der Waals surface area (Å²) in [7, 11) is 2.13. The fraction of sp³-hybridized carbons (Fsp3) is 0.647. The van der Waals surface area contributed by atoms with Crippen LogP contribution in [0, 0.1) is 0 Å². The predicted molar refractivity (Wildman–Crippen MR) is 81.6 cm³/mol. The molecule has 4 nitrogen and oxygen atoms in total. The summed E-state index contributed by atoms with van der Waals surface area (Å²) in [5, 5.41) is 10.5. The maximum absolute atomic E-state index is 10.5. The van der Waals surface area contributed by atoms with Crippen molar-refractivity contribution in [3.05, 3.63) is 23.8 Å². The van der Waals surface area contributed by atoms with Gasteiger partial charge in [0.2, 0.25) is 6.79 Å². The van der Waals surface area contributed by atoms with Crippen molar-refractivity contribution in [2.24, 2.45) is 0 Å². The zero-order chi connectivity index (χ0) is 14.7. The van der Waals surface area contributed by atoms with Gasteiger partial charge >= 0.3 is 0 Å². The lowest BCUT2D eigenvalue weighted by Gasteiger charge is -2.29. The zero-order valence-electron chi connectivity index (χ0n) is 12.8. The molecule has 0 amide bonds. The van der Waals surface area contributed by atoms with Gasteiger partial charge in [-0.3, -0.25) is 0 Å². The van der Waals surface area contributed by atoms with Crippen molar-refractivity contribution in [3.63, 3.8) is 0 Å².